The highest BCUT2D eigenvalue weighted by atomic mass is 15.2. The van der Waals surface area contributed by atoms with Gasteiger partial charge >= 0.3 is 0 Å². The predicted octanol–water partition coefficient (Wildman–Crippen LogP) is 2.87. The van der Waals surface area contributed by atoms with Crippen LogP contribution >= 0.6 is 0 Å². The zero-order chi connectivity index (χ0) is 12.1. The molecule has 0 aliphatic carbocycles. The third-order valence-electron chi connectivity index (χ3n) is 3.95. The fourth-order valence-corrected chi connectivity index (χ4v) is 2.62. The van der Waals surface area contributed by atoms with Gasteiger partial charge in [-0.25, -0.2) is 0 Å². The molecule has 1 unspecified atom stereocenters. The fourth-order valence-electron chi connectivity index (χ4n) is 2.62. The van der Waals surface area contributed by atoms with Crippen molar-refractivity contribution in [3.05, 3.63) is 0 Å². The van der Waals surface area contributed by atoms with Crippen molar-refractivity contribution in [2.75, 3.05) is 13.1 Å². The van der Waals surface area contributed by atoms with Gasteiger partial charge in [0.15, 0.2) is 0 Å². The smallest absolute Gasteiger partial charge is 0.0306 e. The Kier molecular flexibility index (Phi) is 6.46. The van der Waals surface area contributed by atoms with Crippen molar-refractivity contribution in [1.82, 2.24) is 4.90 Å². The Morgan fingerprint density at radius 3 is 1.67 bits per heavy atom. The SMILES string of the molecule is CCC(CC)C(N)C(C)(C)N(CC)CC. The van der Waals surface area contributed by atoms with Crippen molar-refractivity contribution in [3.8, 4) is 0 Å². The van der Waals surface area contributed by atoms with Gasteiger partial charge in [-0.1, -0.05) is 40.5 Å². The first-order chi connectivity index (χ1) is 6.95. The summed E-state index contributed by atoms with van der Waals surface area (Å²) in [7, 11) is 0. The highest BCUT2D eigenvalue weighted by Gasteiger charge is 2.34. The van der Waals surface area contributed by atoms with E-state index in [4.69, 9.17) is 5.73 Å². The molecule has 0 aromatic heterocycles. The maximum atomic E-state index is 6.43. The lowest BCUT2D eigenvalue weighted by Gasteiger charge is -2.44. The maximum absolute atomic E-state index is 6.43. The Bertz CT molecular complexity index is 158. The van der Waals surface area contributed by atoms with Crippen LogP contribution in [0.25, 0.3) is 0 Å². The number of nitrogens with zero attached hydrogens (tertiary/aromatic N) is 1. The number of likely N-dealkylation sites (N-methyl/N-ethyl adjacent to an activating group) is 1. The molecule has 0 aromatic rings. The molecule has 2 N–H and O–H groups in total. The normalized spacial score (nSPS) is 15.0. The van der Waals surface area contributed by atoms with Crippen LogP contribution < -0.4 is 5.73 Å². The molecule has 0 spiro atoms. The molecule has 0 aliphatic rings. The van der Waals surface area contributed by atoms with Gasteiger partial charge in [-0.3, -0.25) is 4.90 Å². The maximum Gasteiger partial charge on any atom is 0.0306 e. The molecule has 0 fully saturated rings. The highest BCUT2D eigenvalue weighted by molar-refractivity contribution is 4.94. The molecule has 2 heteroatoms. The van der Waals surface area contributed by atoms with E-state index in [1.165, 1.54) is 12.8 Å². The van der Waals surface area contributed by atoms with Gasteiger partial charge < -0.3 is 5.73 Å². The molecule has 0 amide bonds. The first-order valence-corrected chi connectivity index (χ1v) is 6.46. The van der Waals surface area contributed by atoms with Crippen LogP contribution in [0.15, 0.2) is 0 Å². The number of hydrogen-bond acceptors (Lipinski definition) is 2. The first-order valence-electron chi connectivity index (χ1n) is 6.46. The van der Waals surface area contributed by atoms with Gasteiger partial charge in [0, 0.05) is 11.6 Å². The van der Waals surface area contributed by atoms with Crippen molar-refractivity contribution >= 4 is 0 Å². The minimum absolute atomic E-state index is 0.111. The van der Waals surface area contributed by atoms with Gasteiger partial charge in [0.05, 0.1) is 0 Å². The largest absolute Gasteiger partial charge is 0.326 e. The van der Waals surface area contributed by atoms with E-state index in [-0.39, 0.29) is 11.6 Å². The van der Waals surface area contributed by atoms with E-state index in [9.17, 15) is 0 Å². The van der Waals surface area contributed by atoms with Crippen molar-refractivity contribution in [3.63, 3.8) is 0 Å². The summed E-state index contributed by atoms with van der Waals surface area (Å²) in [4.78, 5) is 2.47. The molecule has 0 bridgehead atoms. The van der Waals surface area contributed by atoms with Crippen LogP contribution in [-0.4, -0.2) is 29.6 Å². The number of rotatable bonds is 7. The van der Waals surface area contributed by atoms with Crippen LogP contribution in [-0.2, 0) is 0 Å². The second-order valence-corrected chi connectivity index (χ2v) is 4.93. The summed E-state index contributed by atoms with van der Waals surface area (Å²) in [6, 6.07) is 0.271. The number of hydrogen-bond donors (Lipinski definition) is 1. The minimum Gasteiger partial charge on any atom is -0.326 e. The van der Waals surface area contributed by atoms with Crippen LogP contribution in [0.1, 0.15) is 54.4 Å². The zero-order valence-electron chi connectivity index (χ0n) is 11.5. The van der Waals surface area contributed by atoms with E-state index in [1.54, 1.807) is 0 Å². The van der Waals surface area contributed by atoms with Crippen molar-refractivity contribution in [2.45, 2.75) is 66.0 Å². The number of nitrogens with two attached hydrogens (primary N) is 1. The third kappa shape index (κ3) is 3.46. The van der Waals surface area contributed by atoms with Gasteiger partial charge in [-0.2, -0.15) is 0 Å². The van der Waals surface area contributed by atoms with Crippen LogP contribution in [0.4, 0.5) is 0 Å². The molecular weight excluding hydrogens is 184 g/mol. The molecule has 0 aromatic carbocycles. The molecule has 0 saturated carbocycles. The molecule has 0 rings (SSSR count). The summed E-state index contributed by atoms with van der Waals surface area (Å²) in [5.74, 6) is 0.639. The molecule has 0 radical (unpaired) electrons. The molecule has 2 nitrogen and oxygen atoms in total. The first kappa shape index (κ1) is 14.9. The van der Waals surface area contributed by atoms with Crippen molar-refractivity contribution in [1.29, 1.82) is 0 Å². The van der Waals surface area contributed by atoms with Crippen molar-refractivity contribution < 1.29 is 0 Å². The Balaban J connectivity index is 4.67. The third-order valence-corrected chi connectivity index (χ3v) is 3.95. The van der Waals surface area contributed by atoms with Crippen LogP contribution in [0.2, 0.25) is 0 Å². The Hall–Kier alpha value is -0.0800. The quantitative estimate of drug-likeness (QED) is 0.706. The van der Waals surface area contributed by atoms with Gasteiger partial charge in [-0.05, 0) is 32.9 Å². The minimum atomic E-state index is 0.111. The summed E-state index contributed by atoms with van der Waals surface area (Å²) in [5.41, 5.74) is 6.54. The average Bonchev–Trinajstić information content (AvgIpc) is 2.20. The fraction of sp³-hybridized carbons (Fsp3) is 1.00. The summed E-state index contributed by atoms with van der Waals surface area (Å²) < 4.78 is 0. The van der Waals surface area contributed by atoms with Gasteiger partial charge in [0.2, 0.25) is 0 Å². The molecule has 1 atom stereocenters. The monoisotopic (exact) mass is 214 g/mol. The molecule has 0 aliphatic heterocycles. The van der Waals surface area contributed by atoms with Crippen LogP contribution in [0, 0.1) is 5.92 Å². The molecule has 0 saturated heterocycles. The van der Waals surface area contributed by atoms with E-state index >= 15 is 0 Å². The second kappa shape index (κ2) is 6.49. The summed E-state index contributed by atoms with van der Waals surface area (Å²) >= 11 is 0. The summed E-state index contributed by atoms with van der Waals surface area (Å²) in [6.07, 6.45) is 2.37. The average molecular weight is 214 g/mol. The predicted molar refractivity (Wildman–Crippen MR) is 69.0 cm³/mol. The Morgan fingerprint density at radius 1 is 1.00 bits per heavy atom. The second-order valence-electron chi connectivity index (χ2n) is 4.93. The van der Waals surface area contributed by atoms with E-state index in [0.717, 1.165) is 13.1 Å². The van der Waals surface area contributed by atoms with Crippen molar-refractivity contribution in [2.24, 2.45) is 11.7 Å². The Labute approximate surface area is 96.2 Å². The lowest BCUT2D eigenvalue weighted by atomic mass is 9.81. The van der Waals surface area contributed by atoms with Gasteiger partial charge in [0.25, 0.3) is 0 Å². The lowest BCUT2D eigenvalue weighted by molar-refractivity contribution is 0.0802. The van der Waals surface area contributed by atoms with E-state index in [1.807, 2.05) is 0 Å². The zero-order valence-corrected chi connectivity index (χ0v) is 11.5. The molecular formula is C13H30N2. The standard InChI is InChI=1S/C13H30N2/c1-7-11(8-2)12(14)13(5,6)15(9-3)10-4/h11-12H,7-10,14H2,1-6H3. The lowest BCUT2D eigenvalue weighted by Crippen LogP contribution is -2.58. The van der Waals surface area contributed by atoms with E-state index < -0.39 is 0 Å². The van der Waals surface area contributed by atoms with Crippen LogP contribution in [0.3, 0.4) is 0 Å². The van der Waals surface area contributed by atoms with Gasteiger partial charge in [-0.15, -0.1) is 0 Å². The van der Waals surface area contributed by atoms with E-state index in [0.29, 0.717) is 5.92 Å². The van der Waals surface area contributed by atoms with E-state index in [2.05, 4.69) is 46.4 Å². The van der Waals surface area contributed by atoms with Crippen LogP contribution in [0.5, 0.6) is 0 Å². The highest BCUT2D eigenvalue weighted by Crippen LogP contribution is 2.26. The molecule has 0 heterocycles. The molecule has 92 valence electrons. The Morgan fingerprint density at radius 2 is 1.40 bits per heavy atom. The van der Waals surface area contributed by atoms with Gasteiger partial charge in [0.1, 0.15) is 0 Å². The summed E-state index contributed by atoms with van der Waals surface area (Å²) in [6.45, 7) is 15.6. The summed E-state index contributed by atoms with van der Waals surface area (Å²) in [5, 5.41) is 0. The molecule has 15 heavy (non-hydrogen) atoms. The topological polar surface area (TPSA) is 29.3 Å².